The van der Waals surface area contributed by atoms with E-state index in [-0.39, 0.29) is 5.92 Å². The van der Waals surface area contributed by atoms with Gasteiger partial charge in [0, 0.05) is 56.1 Å². The molecule has 1 aromatic carbocycles. The maximum Gasteiger partial charge on any atom is 0.226 e. The molecule has 2 aliphatic rings. The summed E-state index contributed by atoms with van der Waals surface area (Å²) in [4.78, 5) is 21.4. The third-order valence-electron chi connectivity index (χ3n) is 5.22. The van der Waals surface area contributed by atoms with Crippen LogP contribution in [0.4, 0.5) is 0 Å². The number of piperazine rings is 1. The van der Waals surface area contributed by atoms with Gasteiger partial charge in [0.05, 0.1) is 0 Å². The zero-order chi connectivity index (χ0) is 17.2. The third-order valence-corrected chi connectivity index (χ3v) is 5.47. The van der Waals surface area contributed by atoms with E-state index in [0.717, 1.165) is 44.2 Å². The Morgan fingerprint density at radius 1 is 1.12 bits per heavy atom. The van der Waals surface area contributed by atoms with Gasteiger partial charge in [-0.15, -0.1) is 0 Å². The van der Waals surface area contributed by atoms with E-state index >= 15 is 0 Å². The summed E-state index contributed by atoms with van der Waals surface area (Å²) in [5, 5.41) is 0.747. The number of pyridine rings is 1. The Balaban J connectivity index is 1.28. The molecule has 1 amide bonds. The maximum absolute atomic E-state index is 12.7. The van der Waals surface area contributed by atoms with Crippen molar-refractivity contribution >= 4 is 17.5 Å². The molecular weight excluding hydrogens is 334 g/mol. The maximum atomic E-state index is 12.7. The van der Waals surface area contributed by atoms with Crippen LogP contribution in [0.2, 0.25) is 5.02 Å². The van der Waals surface area contributed by atoms with Gasteiger partial charge >= 0.3 is 0 Å². The zero-order valence-electron chi connectivity index (χ0n) is 14.1. The van der Waals surface area contributed by atoms with Gasteiger partial charge in [0.1, 0.15) is 0 Å². The van der Waals surface area contributed by atoms with Crippen molar-refractivity contribution < 1.29 is 4.79 Å². The summed E-state index contributed by atoms with van der Waals surface area (Å²) in [6.07, 6.45) is 4.68. The average molecular weight is 356 g/mol. The van der Waals surface area contributed by atoms with E-state index in [4.69, 9.17) is 11.6 Å². The van der Waals surface area contributed by atoms with Crippen molar-refractivity contribution in [2.75, 3.05) is 26.2 Å². The number of carbonyl (C=O) groups is 1. The summed E-state index contributed by atoms with van der Waals surface area (Å²) >= 11 is 5.95. The Morgan fingerprint density at radius 3 is 2.56 bits per heavy atom. The van der Waals surface area contributed by atoms with E-state index < -0.39 is 0 Å². The molecule has 2 fully saturated rings. The number of amides is 1. The number of hydrogen-bond acceptors (Lipinski definition) is 3. The summed E-state index contributed by atoms with van der Waals surface area (Å²) in [5.41, 5.74) is 2.46. The first-order valence-corrected chi connectivity index (χ1v) is 9.24. The first-order valence-electron chi connectivity index (χ1n) is 8.86. The average Bonchev–Trinajstić information content (AvgIpc) is 3.44. The molecule has 2 unspecified atom stereocenters. The van der Waals surface area contributed by atoms with Crippen LogP contribution in [0.3, 0.4) is 0 Å². The number of hydrogen-bond donors (Lipinski definition) is 0. The predicted molar refractivity (Wildman–Crippen MR) is 98.4 cm³/mol. The highest BCUT2D eigenvalue weighted by atomic mass is 35.5. The van der Waals surface area contributed by atoms with Gasteiger partial charge in [0.15, 0.2) is 0 Å². The summed E-state index contributed by atoms with van der Waals surface area (Å²) in [6, 6.07) is 12.0. The van der Waals surface area contributed by atoms with Crippen LogP contribution in [0, 0.1) is 5.92 Å². The number of carbonyl (C=O) groups excluding carboxylic acids is 1. The fraction of sp³-hybridized carbons (Fsp3) is 0.400. The van der Waals surface area contributed by atoms with Crippen molar-refractivity contribution in [1.82, 2.24) is 14.8 Å². The monoisotopic (exact) mass is 355 g/mol. The Kier molecular flexibility index (Phi) is 4.73. The van der Waals surface area contributed by atoms with E-state index in [9.17, 15) is 4.79 Å². The largest absolute Gasteiger partial charge is 0.340 e. The van der Waals surface area contributed by atoms with Gasteiger partial charge in [0.2, 0.25) is 5.91 Å². The topological polar surface area (TPSA) is 36.4 Å². The molecule has 0 bridgehead atoms. The van der Waals surface area contributed by atoms with Crippen molar-refractivity contribution in [1.29, 1.82) is 0 Å². The zero-order valence-corrected chi connectivity index (χ0v) is 14.9. The lowest BCUT2D eigenvalue weighted by molar-refractivity contribution is -0.134. The number of halogens is 1. The second-order valence-corrected chi connectivity index (χ2v) is 7.40. The van der Waals surface area contributed by atoms with Crippen molar-refractivity contribution in [3.8, 4) is 0 Å². The van der Waals surface area contributed by atoms with Crippen LogP contribution in [0.15, 0.2) is 48.8 Å². The molecule has 130 valence electrons. The Bertz CT molecular complexity index is 726. The number of aromatic nitrogens is 1. The van der Waals surface area contributed by atoms with E-state index in [2.05, 4.69) is 16.0 Å². The summed E-state index contributed by atoms with van der Waals surface area (Å²) in [6.45, 7) is 4.41. The molecule has 4 rings (SSSR count). The molecule has 1 aliphatic carbocycles. The van der Waals surface area contributed by atoms with Crippen LogP contribution in [0.5, 0.6) is 0 Å². The molecule has 4 nitrogen and oxygen atoms in total. The molecule has 0 radical (unpaired) electrons. The standard InChI is InChI=1S/C20H22ClN3O/c21-17-5-3-16(4-6-17)18-12-19(18)20(25)24-10-8-23(9-11-24)14-15-2-1-7-22-13-15/h1-7,13,18-19H,8-12,14H2. The summed E-state index contributed by atoms with van der Waals surface area (Å²) < 4.78 is 0. The highest BCUT2D eigenvalue weighted by Crippen LogP contribution is 2.48. The molecular formula is C20H22ClN3O. The minimum absolute atomic E-state index is 0.158. The molecule has 5 heteroatoms. The van der Waals surface area contributed by atoms with Gasteiger partial charge in [0.25, 0.3) is 0 Å². The molecule has 0 spiro atoms. The Hall–Kier alpha value is -1.91. The lowest BCUT2D eigenvalue weighted by Gasteiger charge is -2.35. The van der Waals surface area contributed by atoms with E-state index in [1.54, 1.807) is 6.20 Å². The molecule has 0 N–H and O–H groups in total. The lowest BCUT2D eigenvalue weighted by atomic mass is 10.1. The van der Waals surface area contributed by atoms with Gasteiger partial charge in [-0.2, -0.15) is 0 Å². The number of benzene rings is 1. The highest BCUT2D eigenvalue weighted by molar-refractivity contribution is 6.30. The normalized spacial score (nSPS) is 23.5. The Labute approximate surface area is 153 Å². The number of rotatable bonds is 4. The van der Waals surface area contributed by atoms with Crippen molar-refractivity contribution in [2.24, 2.45) is 5.92 Å². The molecule has 1 saturated carbocycles. The molecule has 2 heterocycles. The summed E-state index contributed by atoms with van der Waals surface area (Å²) in [7, 11) is 0. The minimum atomic E-state index is 0.158. The molecule has 2 atom stereocenters. The second kappa shape index (κ2) is 7.14. The SMILES string of the molecule is O=C(C1CC1c1ccc(Cl)cc1)N1CCN(Cc2cccnc2)CC1. The minimum Gasteiger partial charge on any atom is -0.340 e. The quantitative estimate of drug-likeness (QED) is 0.845. The molecule has 1 aromatic heterocycles. The first-order chi connectivity index (χ1) is 12.2. The first kappa shape index (κ1) is 16.6. The number of nitrogens with zero attached hydrogens (tertiary/aromatic N) is 3. The van der Waals surface area contributed by atoms with Crippen LogP contribution in [0.25, 0.3) is 0 Å². The van der Waals surface area contributed by atoms with E-state index in [0.29, 0.717) is 11.8 Å². The van der Waals surface area contributed by atoms with Crippen molar-refractivity contribution in [2.45, 2.75) is 18.9 Å². The predicted octanol–water partition coefficient (Wildman–Crippen LogP) is 3.18. The van der Waals surface area contributed by atoms with Gasteiger partial charge in [-0.1, -0.05) is 29.8 Å². The van der Waals surface area contributed by atoms with Crippen molar-refractivity contribution in [3.05, 3.63) is 64.9 Å². The molecule has 25 heavy (non-hydrogen) atoms. The lowest BCUT2D eigenvalue weighted by Crippen LogP contribution is -2.48. The van der Waals surface area contributed by atoms with E-state index in [1.807, 2.05) is 41.4 Å². The molecule has 1 saturated heterocycles. The summed E-state index contributed by atoms with van der Waals surface area (Å²) in [5.74, 6) is 0.852. The van der Waals surface area contributed by atoms with Gasteiger partial charge in [-0.3, -0.25) is 14.7 Å². The van der Waals surface area contributed by atoms with Crippen LogP contribution in [-0.4, -0.2) is 46.9 Å². The fourth-order valence-corrected chi connectivity index (χ4v) is 3.78. The molecule has 2 aromatic rings. The van der Waals surface area contributed by atoms with Gasteiger partial charge < -0.3 is 4.90 Å². The van der Waals surface area contributed by atoms with E-state index in [1.165, 1.54) is 11.1 Å². The van der Waals surface area contributed by atoms with Crippen LogP contribution >= 0.6 is 11.6 Å². The second-order valence-electron chi connectivity index (χ2n) is 6.96. The van der Waals surface area contributed by atoms with Crippen molar-refractivity contribution in [3.63, 3.8) is 0 Å². The fourth-order valence-electron chi connectivity index (χ4n) is 3.66. The molecule has 1 aliphatic heterocycles. The smallest absolute Gasteiger partial charge is 0.226 e. The van der Waals surface area contributed by atoms with Crippen LogP contribution < -0.4 is 0 Å². The highest BCUT2D eigenvalue weighted by Gasteiger charge is 2.46. The van der Waals surface area contributed by atoms with Crippen LogP contribution in [0.1, 0.15) is 23.5 Å². The van der Waals surface area contributed by atoms with Crippen LogP contribution in [-0.2, 0) is 11.3 Å². The van der Waals surface area contributed by atoms with Gasteiger partial charge in [-0.25, -0.2) is 0 Å². The van der Waals surface area contributed by atoms with Gasteiger partial charge in [-0.05, 0) is 41.7 Å². The third kappa shape index (κ3) is 3.86. The Morgan fingerprint density at radius 2 is 1.88 bits per heavy atom.